The number of nitrogens with two attached hydrogens (primary N) is 1. The summed E-state index contributed by atoms with van der Waals surface area (Å²) < 4.78 is 6.63. The van der Waals surface area contributed by atoms with Crippen molar-refractivity contribution in [2.45, 2.75) is 32.9 Å². The van der Waals surface area contributed by atoms with Crippen molar-refractivity contribution in [2.75, 3.05) is 5.43 Å². The largest absolute Gasteiger partial charge is 0.444 e. The van der Waals surface area contributed by atoms with E-state index >= 15 is 0 Å². The number of nitrogens with zero attached hydrogens (tertiary/aromatic N) is 4. The Bertz CT molecular complexity index is 617. The topological polar surface area (TPSA) is 119 Å². The van der Waals surface area contributed by atoms with Gasteiger partial charge in [0.15, 0.2) is 17.3 Å². The summed E-state index contributed by atoms with van der Waals surface area (Å²) in [5.41, 5.74) is 2.44. The van der Waals surface area contributed by atoms with Gasteiger partial charge in [0.05, 0.1) is 6.54 Å². The van der Waals surface area contributed by atoms with Crippen molar-refractivity contribution in [3.8, 4) is 0 Å². The Balaban J connectivity index is 2.08. The third kappa shape index (κ3) is 3.32. The molecule has 20 heavy (non-hydrogen) atoms. The molecule has 0 saturated carbocycles. The van der Waals surface area contributed by atoms with E-state index in [1.165, 1.54) is 4.52 Å². The molecule has 0 aromatic carbocycles. The molecule has 2 heterocycles. The number of aromatic nitrogens is 4. The molecule has 4 N–H and O–H groups in total. The summed E-state index contributed by atoms with van der Waals surface area (Å²) in [4.78, 5) is 11.6. The summed E-state index contributed by atoms with van der Waals surface area (Å²) >= 11 is 0. The second-order valence-corrected chi connectivity index (χ2v) is 5.10. The van der Waals surface area contributed by atoms with Gasteiger partial charge in [-0.15, -0.1) is 15.3 Å². The molecule has 2 aromatic heterocycles. The molecular weight excluding hydrogens is 262 g/mol. The van der Waals surface area contributed by atoms with E-state index in [2.05, 4.69) is 26.0 Å². The van der Waals surface area contributed by atoms with Gasteiger partial charge in [0.2, 0.25) is 0 Å². The molecule has 0 aliphatic carbocycles. The Morgan fingerprint density at radius 1 is 1.40 bits per heavy atom. The van der Waals surface area contributed by atoms with Crippen LogP contribution in [0.25, 0.3) is 5.65 Å². The van der Waals surface area contributed by atoms with E-state index in [0.29, 0.717) is 17.3 Å². The van der Waals surface area contributed by atoms with Crippen molar-refractivity contribution in [1.29, 1.82) is 0 Å². The predicted octanol–water partition coefficient (Wildman–Crippen LogP) is 0.435. The van der Waals surface area contributed by atoms with E-state index in [9.17, 15) is 4.79 Å². The minimum atomic E-state index is -0.550. The van der Waals surface area contributed by atoms with Crippen molar-refractivity contribution in [3.05, 3.63) is 18.0 Å². The van der Waals surface area contributed by atoms with Crippen LogP contribution >= 0.6 is 0 Å². The van der Waals surface area contributed by atoms with Gasteiger partial charge in [0, 0.05) is 0 Å². The Hall–Kier alpha value is -2.42. The van der Waals surface area contributed by atoms with Crippen LogP contribution in [0.15, 0.2) is 12.1 Å². The Labute approximate surface area is 115 Å². The van der Waals surface area contributed by atoms with Crippen LogP contribution < -0.4 is 16.6 Å². The fourth-order valence-corrected chi connectivity index (χ4v) is 1.49. The zero-order valence-electron chi connectivity index (χ0n) is 11.5. The number of carbonyl (C=O) groups excluding carboxylic acids is 1. The first-order valence-electron chi connectivity index (χ1n) is 6.04. The van der Waals surface area contributed by atoms with Crippen LogP contribution in [0.3, 0.4) is 0 Å². The van der Waals surface area contributed by atoms with Crippen LogP contribution in [-0.4, -0.2) is 31.5 Å². The number of anilines is 1. The molecule has 2 rings (SSSR count). The number of ether oxygens (including phenoxy) is 1. The molecule has 0 aliphatic heterocycles. The fraction of sp³-hybridized carbons (Fsp3) is 0.455. The third-order valence-corrected chi connectivity index (χ3v) is 2.26. The molecule has 9 nitrogen and oxygen atoms in total. The van der Waals surface area contributed by atoms with Gasteiger partial charge < -0.3 is 15.5 Å². The zero-order chi connectivity index (χ0) is 14.8. The second kappa shape index (κ2) is 5.29. The van der Waals surface area contributed by atoms with Crippen molar-refractivity contribution >= 4 is 17.6 Å². The molecule has 0 fully saturated rings. The lowest BCUT2D eigenvalue weighted by Crippen LogP contribution is -2.32. The third-order valence-electron chi connectivity index (χ3n) is 2.26. The normalized spacial score (nSPS) is 11.4. The summed E-state index contributed by atoms with van der Waals surface area (Å²) in [6.45, 7) is 5.52. The first-order valence-corrected chi connectivity index (χ1v) is 6.04. The molecule has 108 valence electrons. The summed E-state index contributed by atoms with van der Waals surface area (Å²) in [5, 5.41) is 14.7. The highest BCUT2D eigenvalue weighted by molar-refractivity contribution is 5.67. The molecule has 2 aromatic rings. The van der Waals surface area contributed by atoms with Gasteiger partial charge in [0.1, 0.15) is 5.60 Å². The fourth-order valence-electron chi connectivity index (χ4n) is 1.49. The molecule has 1 amide bonds. The van der Waals surface area contributed by atoms with E-state index < -0.39 is 11.7 Å². The van der Waals surface area contributed by atoms with Crippen LogP contribution in [0.5, 0.6) is 0 Å². The van der Waals surface area contributed by atoms with Crippen molar-refractivity contribution in [2.24, 2.45) is 5.84 Å². The van der Waals surface area contributed by atoms with Gasteiger partial charge in [-0.3, -0.25) is 0 Å². The molecule has 0 unspecified atom stereocenters. The maximum Gasteiger partial charge on any atom is 0.408 e. The molecule has 0 saturated heterocycles. The summed E-state index contributed by atoms with van der Waals surface area (Å²) in [6, 6.07) is 3.39. The van der Waals surface area contributed by atoms with Crippen LogP contribution in [0.2, 0.25) is 0 Å². The quantitative estimate of drug-likeness (QED) is 0.550. The average molecular weight is 279 g/mol. The number of rotatable bonds is 3. The summed E-state index contributed by atoms with van der Waals surface area (Å²) in [7, 11) is 0. The van der Waals surface area contributed by atoms with Crippen molar-refractivity contribution in [1.82, 2.24) is 25.1 Å². The molecule has 9 heteroatoms. The minimum Gasteiger partial charge on any atom is -0.444 e. The maximum absolute atomic E-state index is 11.6. The van der Waals surface area contributed by atoms with E-state index in [-0.39, 0.29) is 6.54 Å². The van der Waals surface area contributed by atoms with Crippen molar-refractivity contribution < 1.29 is 9.53 Å². The number of alkyl carbamates (subject to hydrolysis) is 1. The monoisotopic (exact) mass is 279 g/mol. The number of hydrazine groups is 1. The van der Waals surface area contributed by atoms with Gasteiger partial charge in [-0.2, -0.15) is 4.52 Å². The van der Waals surface area contributed by atoms with Gasteiger partial charge >= 0.3 is 6.09 Å². The molecule has 0 aliphatic rings. The van der Waals surface area contributed by atoms with E-state index in [4.69, 9.17) is 10.6 Å². The van der Waals surface area contributed by atoms with Crippen LogP contribution in [0, 0.1) is 0 Å². The summed E-state index contributed by atoms with van der Waals surface area (Å²) in [5.74, 6) is 6.24. The average Bonchev–Trinajstić information content (AvgIpc) is 2.76. The predicted molar refractivity (Wildman–Crippen MR) is 71.7 cm³/mol. The maximum atomic E-state index is 11.6. The highest BCUT2D eigenvalue weighted by Gasteiger charge is 2.16. The molecule has 0 radical (unpaired) electrons. The zero-order valence-corrected chi connectivity index (χ0v) is 11.5. The SMILES string of the molecule is CC(C)(C)OC(=O)NCc1nnc2ccc(NN)nn12. The molecule has 0 spiro atoms. The molecule has 0 atom stereocenters. The molecule has 0 bridgehead atoms. The Morgan fingerprint density at radius 2 is 2.15 bits per heavy atom. The van der Waals surface area contributed by atoms with Gasteiger partial charge in [-0.1, -0.05) is 0 Å². The highest BCUT2D eigenvalue weighted by atomic mass is 16.6. The van der Waals surface area contributed by atoms with Gasteiger partial charge in [-0.25, -0.2) is 10.6 Å². The number of hydrogen-bond acceptors (Lipinski definition) is 7. The lowest BCUT2D eigenvalue weighted by Gasteiger charge is -2.19. The number of amides is 1. The number of carbonyl (C=O) groups is 1. The first kappa shape index (κ1) is 14.0. The van der Waals surface area contributed by atoms with E-state index in [1.807, 2.05) is 0 Å². The lowest BCUT2D eigenvalue weighted by atomic mass is 10.2. The second-order valence-electron chi connectivity index (χ2n) is 5.10. The van der Waals surface area contributed by atoms with Gasteiger partial charge in [0.25, 0.3) is 0 Å². The van der Waals surface area contributed by atoms with Crippen LogP contribution in [0.4, 0.5) is 10.6 Å². The number of nitrogen functional groups attached to an aromatic ring is 1. The number of fused-ring (bicyclic) bond motifs is 1. The Morgan fingerprint density at radius 3 is 2.80 bits per heavy atom. The number of hydrogen-bond donors (Lipinski definition) is 3. The van der Waals surface area contributed by atoms with Crippen molar-refractivity contribution in [3.63, 3.8) is 0 Å². The van der Waals surface area contributed by atoms with Crippen LogP contribution in [0.1, 0.15) is 26.6 Å². The number of nitrogens with one attached hydrogen (secondary N) is 2. The highest BCUT2D eigenvalue weighted by Crippen LogP contribution is 2.08. The lowest BCUT2D eigenvalue weighted by molar-refractivity contribution is 0.0522. The Kier molecular flexibility index (Phi) is 3.70. The molecular formula is C11H17N7O2. The van der Waals surface area contributed by atoms with Crippen LogP contribution in [-0.2, 0) is 11.3 Å². The van der Waals surface area contributed by atoms with Gasteiger partial charge in [-0.05, 0) is 32.9 Å². The first-order chi connectivity index (χ1) is 9.39. The smallest absolute Gasteiger partial charge is 0.408 e. The minimum absolute atomic E-state index is 0.150. The standard InChI is InChI=1S/C11H17N7O2/c1-11(2,3)20-10(19)13-6-9-16-15-8-5-4-7(14-12)17-18(8)9/h4-5H,6,12H2,1-3H3,(H,13,19)(H,14,17). The summed E-state index contributed by atoms with van der Waals surface area (Å²) in [6.07, 6.45) is -0.526. The van der Waals surface area contributed by atoms with E-state index in [0.717, 1.165) is 0 Å². The van der Waals surface area contributed by atoms with E-state index in [1.54, 1.807) is 32.9 Å².